The molecule has 19 heavy (non-hydrogen) atoms. The van der Waals surface area contributed by atoms with Crippen LogP contribution in [-0.2, 0) is 0 Å². The van der Waals surface area contributed by atoms with Crippen LogP contribution in [0.4, 0.5) is 4.39 Å². The van der Waals surface area contributed by atoms with Gasteiger partial charge in [0.05, 0.1) is 5.57 Å². The molecule has 1 aliphatic rings. The highest BCUT2D eigenvalue weighted by atomic mass is 19.1. The van der Waals surface area contributed by atoms with E-state index in [1.165, 1.54) is 0 Å². The fourth-order valence-electron chi connectivity index (χ4n) is 2.33. The highest BCUT2D eigenvalue weighted by molar-refractivity contribution is 6.17. The summed E-state index contributed by atoms with van der Waals surface area (Å²) in [5.41, 5.74) is 0.967. The minimum absolute atomic E-state index is 0.174. The monoisotopic (exact) mass is 254 g/mol. The molecule has 0 aliphatic heterocycles. The number of aliphatic hydroxyl groups is 1. The van der Waals surface area contributed by atoms with Crippen LogP contribution in [0.15, 0.2) is 60.2 Å². The van der Waals surface area contributed by atoms with Crippen molar-refractivity contribution in [2.45, 2.75) is 6.10 Å². The summed E-state index contributed by atoms with van der Waals surface area (Å²) in [4.78, 5) is 12.2. The average molecular weight is 254 g/mol. The zero-order valence-electron chi connectivity index (χ0n) is 10.0. The molecular weight excluding hydrogens is 243 g/mol. The second kappa shape index (κ2) is 4.44. The molecule has 3 rings (SSSR count). The highest BCUT2D eigenvalue weighted by Gasteiger charge is 2.36. The zero-order chi connectivity index (χ0) is 13.4. The second-order valence-corrected chi connectivity index (χ2v) is 4.41. The van der Waals surface area contributed by atoms with Gasteiger partial charge in [0.15, 0.2) is 5.78 Å². The Bertz CT molecular complexity index is 674. The zero-order valence-corrected chi connectivity index (χ0v) is 10.0. The maximum absolute atomic E-state index is 14.4. The van der Waals surface area contributed by atoms with Gasteiger partial charge in [-0.25, -0.2) is 4.39 Å². The standard InChI is InChI=1S/C16H11FO2/c17-14(10-6-2-1-3-7-10)13-15(18)11-8-4-5-9-12(11)16(13)19/h1-9,15,18H/b14-13+. The number of hydrogen-bond acceptors (Lipinski definition) is 2. The molecule has 3 heteroatoms. The summed E-state index contributed by atoms with van der Waals surface area (Å²) in [6.45, 7) is 0. The number of carbonyl (C=O) groups excluding carboxylic acids is 1. The van der Waals surface area contributed by atoms with Crippen LogP contribution in [0.1, 0.15) is 27.6 Å². The summed E-state index contributed by atoms with van der Waals surface area (Å²) in [5.74, 6) is -1.10. The molecule has 1 N–H and O–H groups in total. The fourth-order valence-corrected chi connectivity index (χ4v) is 2.33. The highest BCUT2D eigenvalue weighted by Crippen LogP contribution is 2.39. The lowest BCUT2D eigenvalue weighted by Crippen LogP contribution is -2.02. The number of carbonyl (C=O) groups is 1. The van der Waals surface area contributed by atoms with Gasteiger partial charge in [0.25, 0.3) is 0 Å². The van der Waals surface area contributed by atoms with Crippen LogP contribution in [-0.4, -0.2) is 10.9 Å². The minimum Gasteiger partial charge on any atom is -0.383 e. The SMILES string of the molecule is O=C1/C(=C(/F)c2ccccc2)C(O)c2ccccc21. The van der Waals surface area contributed by atoms with Crippen LogP contribution in [0.2, 0.25) is 0 Å². The topological polar surface area (TPSA) is 37.3 Å². The summed E-state index contributed by atoms with van der Waals surface area (Å²) in [5, 5.41) is 10.1. The Morgan fingerprint density at radius 2 is 1.63 bits per heavy atom. The van der Waals surface area contributed by atoms with Crippen molar-refractivity contribution in [1.82, 2.24) is 0 Å². The molecule has 0 aromatic heterocycles. The van der Waals surface area contributed by atoms with Gasteiger partial charge in [-0.05, 0) is 5.56 Å². The Morgan fingerprint density at radius 1 is 1.00 bits per heavy atom. The molecule has 0 saturated carbocycles. The molecule has 0 amide bonds. The van der Waals surface area contributed by atoms with Gasteiger partial charge in [-0.15, -0.1) is 0 Å². The molecular formula is C16H11FO2. The van der Waals surface area contributed by atoms with Crippen molar-refractivity contribution in [3.8, 4) is 0 Å². The molecule has 1 atom stereocenters. The number of hydrogen-bond donors (Lipinski definition) is 1. The molecule has 1 aliphatic carbocycles. The van der Waals surface area contributed by atoms with Gasteiger partial charge in [0.2, 0.25) is 0 Å². The van der Waals surface area contributed by atoms with Gasteiger partial charge in [-0.1, -0.05) is 54.6 Å². The van der Waals surface area contributed by atoms with Gasteiger partial charge < -0.3 is 5.11 Å². The molecule has 2 aromatic rings. The number of Topliss-reactive ketones (excluding diaryl/α,β-unsaturated/α-hetero) is 1. The van der Waals surface area contributed by atoms with Crippen molar-refractivity contribution in [2.24, 2.45) is 0 Å². The van der Waals surface area contributed by atoms with Gasteiger partial charge in [0, 0.05) is 11.1 Å². The van der Waals surface area contributed by atoms with Gasteiger partial charge in [0.1, 0.15) is 11.9 Å². The Kier molecular flexibility index (Phi) is 2.76. The van der Waals surface area contributed by atoms with E-state index in [-0.39, 0.29) is 5.57 Å². The first-order valence-electron chi connectivity index (χ1n) is 5.97. The quantitative estimate of drug-likeness (QED) is 0.793. The van der Waals surface area contributed by atoms with E-state index in [0.29, 0.717) is 16.7 Å². The van der Waals surface area contributed by atoms with Crippen molar-refractivity contribution in [1.29, 1.82) is 0 Å². The van der Waals surface area contributed by atoms with E-state index in [2.05, 4.69) is 0 Å². The third-order valence-corrected chi connectivity index (χ3v) is 3.28. The lowest BCUT2D eigenvalue weighted by Gasteiger charge is -2.06. The Morgan fingerprint density at radius 3 is 2.32 bits per heavy atom. The Hall–Kier alpha value is -2.26. The molecule has 0 spiro atoms. The smallest absolute Gasteiger partial charge is 0.195 e. The van der Waals surface area contributed by atoms with E-state index in [0.717, 1.165) is 0 Å². The summed E-state index contributed by atoms with van der Waals surface area (Å²) in [6, 6.07) is 15.0. The second-order valence-electron chi connectivity index (χ2n) is 4.41. The molecule has 0 fully saturated rings. The van der Waals surface area contributed by atoms with E-state index in [9.17, 15) is 14.3 Å². The van der Waals surface area contributed by atoms with Crippen LogP contribution < -0.4 is 0 Å². The van der Waals surface area contributed by atoms with E-state index < -0.39 is 17.7 Å². The number of aliphatic hydroxyl groups excluding tert-OH is 1. The largest absolute Gasteiger partial charge is 0.383 e. The van der Waals surface area contributed by atoms with Gasteiger partial charge >= 0.3 is 0 Å². The van der Waals surface area contributed by atoms with Crippen molar-refractivity contribution in [3.05, 3.63) is 76.9 Å². The fraction of sp³-hybridized carbons (Fsp3) is 0.0625. The van der Waals surface area contributed by atoms with Crippen LogP contribution >= 0.6 is 0 Å². The number of benzene rings is 2. The minimum atomic E-state index is -1.19. The molecule has 0 radical (unpaired) electrons. The van der Waals surface area contributed by atoms with Crippen LogP contribution in [0, 0.1) is 0 Å². The molecule has 1 unspecified atom stereocenters. The van der Waals surface area contributed by atoms with Crippen molar-refractivity contribution in [2.75, 3.05) is 0 Å². The lowest BCUT2D eigenvalue weighted by atomic mass is 10.0. The summed E-state index contributed by atoms with van der Waals surface area (Å²) in [6.07, 6.45) is -1.19. The third kappa shape index (κ3) is 1.79. The first kappa shape index (κ1) is 11.8. The average Bonchev–Trinajstić information content (AvgIpc) is 2.72. The summed E-state index contributed by atoms with van der Waals surface area (Å²) in [7, 11) is 0. The Balaban J connectivity index is 2.16. The molecule has 94 valence electrons. The number of fused-ring (bicyclic) bond motifs is 1. The van der Waals surface area contributed by atoms with Gasteiger partial charge in [-0.3, -0.25) is 4.79 Å². The predicted octanol–water partition coefficient (Wildman–Crippen LogP) is 3.30. The van der Waals surface area contributed by atoms with E-state index in [1.54, 1.807) is 54.6 Å². The first-order chi connectivity index (χ1) is 9.20. The van der Waals surface area contributed by atoms with Crippen molar-refractivity contribution in [3.63, 3.8) is 0 Å². The van der Waals surface area contributed by atoms with Crippen LogP contribution in [0.3, 0.4) is 0 Å². The summed E-state index contributed by atoms with van der Waals surface area (Å²) >= 11 is 0. The first-order valence-corrected chi connectivity index (χ1v) is 5.97. The molecule has 0 heterocycles. The lowest BCUT2D eigenvalue weighted by molar-refractivity contribution is 0.101. The maximum Gasteiger partial charge on any atom is 0.195 e. The van der Waals surface area contributed by atoms with Crippen LogP contribution in [0.25, 0.3) is 5.83 Å². The molecule has 2 nitrogen and oxygen atoms in total. The number of rotatable bonds is 1. The molecule has 2 aromatic carbocycles. The van der Waals surface area contributed by atoms with E-state index in [4.69, 9.17) is 0 Å². The molecule has 0 bridgehead atoms. The van der Waals surface area contributed by atoms with Crippen molar-refractivity contribution < 1.29 is 14.3 Å². The summed E-state index contributed by atoms with van der Waals surface area (Å²) < 4.78 is 14.4. The normalized spacial score (nSPS) is 20.3. The number of ketones is 1. The number of halogens is 1. The molecule has 0 saturated heterocycles. The van der Waals surface area contributed by atoms with E-state index in [1.807, 2.05) is 0 Å². The Labute approximate surface area is 109 Å². The van der Waals surface area contributed by atoms with Crippen molar-refractivity contribution >= 4 is 11.6 Å². The van der Waals surface area contributed by atoms with Gasteiger partial charge in [-0.2, -0.15) is 0 Å². The maximum atomic E-state index is 14.4. The van der Waals surface area contributed by atoms with Crippen LogP contribution in [0.5, 0.6) is 0 Å². The third-order valence-electron chi connectivity index (χ3n) is 3.28. The van der Waals surface area contributed by atoms with E-state index >= 15 is 0 Å². The predicted molar refractivity (Wildman–Crippen MR) is 70.2 cm³/mol.